The summed E-state index contributed by atoms with van der Waals surface area (Å²) in [6, 6.07) is 11.0. The van der Waals surface area contributed by atoms with Gasteiger partial charge in [0, 0.05) is 6.20 Å². The first-order valence-corrected chi connectivity index (χ1v) is 6.04. The minimum Gasteiger partial charge on any atom is -0.268 e. The highest BCUT2D eigenvalue weighted by atomic mass is 16.2. The number of benzene rings is 1. The van der Waals surface area contributed by atoms with Gasteiger partial charge in [-0.05, 0) is 30.2 Å². The number of fused-ring (bicyclic) bond motifs is 1. The molecule has 0 unspecified atom stereocenters. The first kappa shape index (κ1) is 11.6. The lowest BCUT2D eigenvalue weighted by Crippen LogP contribution is -2.29. The van der Waals surface area contributed by atoms with Crippen LogP contribution in [0.1, 0.15) is 32.0 Å². The Morgan fingerprint density at radius 2 is 1.84 bits per heavy atom. The zero-order chi connectivity index (χ0) is 13.4. The van der Waals surface area contributed by atoms with Crippen LogP contribution in [0.2, 0.25) is 0 Å². The van der Waals surface area contributed by atoms with Crippen LogP contribution in [0.15, 0.2) is 42.6 Å². The Morgan fingerprint density at radius 3 is 2.58 bits per heavy atom. The average molecular weight is 252 g/mol. The number of hydrogen-bond acceptors (Lipinski definition) is 3. The average Bonchev–Trinajstić information content (AvgIpc) is 2.67. The van der Waals surface area contributed by atoms with E-state index in [2.05, 4.69) is 4.98 Å². The Morgan fingerprint density at radius 1 is 1.05 bits per heavy atom. The molecule has 0 bridgehead atoms. The minimum atomic E-state index is -0.316. The van der Waals surface area contributed by atoms with Gasteiger partial charge in [0.25, 0.3) is 11.8 Å². The summed E-state index contributed by atoms with van der Waals surface area (Å²) in [7, 11) is 0. The summed E-state index contributed by atoms with van der Waals surface area (Å²) in [5, 5.41) is 0. The Bertz CT molecular complexity index is 644. The molecule has 4 nitrogen and oxygen atoms in total. The number of imide groups is 1. The fourth-order valence-electron chi connectivity index (χ4n) is 2.22. The Hall–Kier alpha value is -2.49. The van der Waals surface area contributed by atoms with Gasteiger partial charge >= 0.3 is 0 Å². The molecule has 1 aromatic carbocycles. The van der Waals surface area contributed by atoms with Gasteiger partial charge in [-0.3, -0.25) is 19.5 Å². The van der Waals surface area contributed by atoms with Gasteiger partial charge in [0.15, 0.2) is 0 Å². The quantitative estimate of drug-likeness (QED) is 0.770. The number of carbonyl (C=O) groups excluding carboxylic acids is 2. The fraction of sp³-hybridized carbons (Fsp3) is 0.133. The highest BCUT2D eigenvalue weighted by molar-refractivity contribution is 6.20. The Kier molecular flexibility index (Phi) is 2.63. The summed E-state index contributed by atoms with van der Waals surface area (Å²) < 4.78 is 0. The monoisotopic (exact) mass is 252 g/mol. The maximum Gasteiger partial charge on any atom is 0.280 e. The molecular formula is C15H12N2O2. The SMILES string of the molecule is Cc1ccccc1CN1C(=O)c2cccnc2C1=O. The summed E-state index contributed by atoms with van der Waals surface area (Å²) in [5.74, 6) is -0.583. The maximum absolute atomic E-state index is 12.2. The van der Waals surface area contributed by atoms with E-state index in [1.54, 1.807) is 12.1 Å². The smallest absolute Gasteiger partial charge is 0.268 e. The van der Waals surface area contributed by atoms with E-state index in [9.17, 15) is 9.59 Å². The van der Waals surface area contributed by atoms with Gasteiger partial charge in [0.2, 0.25) is 0 Å². The lowest BCUT2D eigenvalue weighted by Gasteiger charge is -2.15. The molecule has 2 amide bonds. The highest BCUT2D eigenvalue weighted by Crippen LogP contribution is 2.23. The third-order valence-corrected chi connectivity index (χ3v) is 3.32. The third kappa shape index (κ3) is 1.81. The number of carbonyl (C=O) groups is 2. The lowest BCUT2D eigenvalue weighted by molar-refractivity contribution is 0.0640. The minimum absolute atomic E-state index is 0.251. The van der Waals surface area contributed by atoms with Crippen molar-refractivity contribution in [1.82, 2.24) is 9.88 Å². The molecule has 3 rings (SSSR count). The van der Waals surface area contributed by atoms with Gasteiger partial charge < -0.3 is 0 Å². The van der Waals surface area contributed by atoms with Gasteiger partial charge in [-0.2, -0.15) is 0 Å². The Labute approximate surface area is 110 Å². The second kappa shape index (κ2) is 4.31. The zero-order valence-electron chi connectivity index (χ0n) is 10.5. The van der Waals surface area contributed by atoms with E-state index >= 15 is 0 Å². The topological polar surface area (TPSA) is 50.3 Å². The first-order chi connectivity index (χ1) is 9.18. The molecule has 94 valence electrons. The molecular weight excluding hydrogens is 240 g/mol. The number of aryl methyl sites for hydroxylation is 1. The molecule has 1 aromatic heterocycles. The zero-order valence-corrected chi connectivity index (χ0v) is 10.5. The van der Waals surface area contributed by atoms with Crippen molar-refractivity contribution in [2.75, 3.05) is 0 Å². The van der Waals surface area contributed by atoms with E-state index in [4.69, 9.17) is 0 Å². The third-order valence-electron chi connectivity index (χ3n) is 3.32. The molecule has 4 heteroatoms. The summed E-state index contributed by atoms with van der Waals surface area (Å²) in [6.07, 6.45) is 1.53. The molecule has 0 atom stereocenters. The number of amides is 2. The van der Waals surface area contributed by atoms with Gasteiger partial charge in [-0.1, -0.05) is 24.3 Å². The molecule has 1 aliphatic heterocycles. The highest BCUT2D eigenvalue weighted by Gasteiger charge is 2.36. The normalized spacial score (nSPS) is 13.8. The molecule has 0 aliphatic carbocycles. The van der Waals surface area contributed by atoms with Crippen molar-refractivity contribution < 1.29 is 9.59 Å². The van der Waals surface area contributed by atoms with Gasteiger partial charge in [0.05, 0.1) is 12.1 Å². The summed E-state index contributed by atoms with van der Waals surface area (Å²) in [5.41, 5.74) is 2.67. The number of hydrogen-bond donors (Lipinski definition) is 0. The number of aromatic nitrogens is 1. The van der Waals surface area contributed by atoms with Gasteiger partial charge in [0.1, 0.15) is 5.69 Å². The number of nitrogens with zero attached hydrogens (tertiary/aromatic N) is 2. The van der Waals surface area contributed by atoms with Crippen LogP contribution in [-0.2, 0) is 6.54 Å². The fourth-order valence-corrected chi connectivity index (χ4v) is 2.22. The van der Waals surface area contributed by atoms with Gasteiger partial charge in [-0.15, -0.1) is 0 Å². The molecule has 2 aromatic rings. The van der Waals surface area contributed by atoms with E-state index in [0.717, 1.165) is 11.1 Å². The van der Waals surface area contributed by atoms with Crippen LogP contribution in [-0.4, -0.2) is 21.7 Å². The van der Waals surface area contributed by atoms with Crippen LogP contribution >= 0.6 is 0 Å². The molecule has 0 radical (unpaired) electrons. The van der Waals surface area contributed by atoms with Crippen LogP contribution in [0.3, 0.4) is 0 Å². The predicted octanol–water partition coefficient (Wildman–Crippen LogP) is 2.19. The molecule has 0 spiro atoms. The molecule has 0 N–H and O–H groups in total. The molecule has 0 saturated carbocycles. The number of pyridine rings is 1. The lowest BCUT2D eigenvalue weighted by atomic mass is 10.1. The first-order valence-electron chi connectivity index (χ1n) is 6.04. The van der Waals surface area contributed by atoms with E-state index < -0.39 is 0 Å². The van der Waals surface area contributed by atoms with Crippen molar-refractivity contribution in [1.29, 1.82) is 0 Å². The standard InChI is InChI=1S/C15H12N2O2/c1-10-5-2-3-6-11(10)9-17-14(18)12-7-4-8-16-13(12)15(17)19/h2-8H,9H2,1H3. The summed E-state index contributed by atoms with van der Waals surface area (Å²) in [6.45, 7) is 2.26. The van der Waals surface area contributed by atoms with Crippen LogP contribution in [0.4, 0.5) is 0 Å². The second-order valence-corrected chi connectivity index (χ2v) is 4.52. The van der Waals surface area contributed by atoms with Crippen molar-refractivity contribution >= 4 is 11.8 Å². The number of rotatable bonds is 2. The van der Waals surface area contributed by atoms with Crippen LogP contribution in [0.25, 0.3) is 0 Å². The predicted molar refractivity (Wildman–Crippen MR) is 69.6 cm³/mol. The molecule has 1 aliphatic rings. The van der Waals surface area contributed by atoms with Gasteiger partial charge in [-0.25, -0.2) is 0 Å². The van der Waals surface area contributed by atoms with Crippen molar-refractivity contribution in [3.8, 4) is 0 Å². The molecule has 2 heterocycles. The van der Waals surface area contributed by atoms with Crippen molar-refractivity contribution in [3.63, 3.8) is 0 Å². The maximum atomic E-state index is 12.2. The molecule has 19 heavy (non-hydrogen) atoms. The van der Waals surface area contributed by atoms with Crippen molar-refractivity contribution in [2.45, 2.75) is 13.5 Å². The van der Waals surface area contributed by atoms with Crippen LogP contribution in [0, 0.1) is 6.92 Å². The van der Waals surface area contributed by atoms with E-state index in [1.165, 1.54) is 11.1 Å². The Balaban J connectivity index is 1.95. The largest absolute Gasteiger partial charge is 0.280 e. The van der Waals surface area contributed by atoms with E-state index in [-0.39, 0.29) is 17.5 Å². The molecule has 0 saturated heterocycles. The van der Waals surface area contributed by atoms with Crippen LogP contribution < -0.4 is 0 Å². The van der Waals surface area contributed by atoms with E-state index in [1.807, 2.05) is 31.2 Å². The van der Waals surface area contributed by atoms with E-state index in [0.29, 0.717) is 12.1 Å². The summed E-state index contributed by atoms with van der Waals surface area (Å²) in [4.78, 5) is 29.6. The molecule has 0 fully saturated rings. The summed E-state index contributed by atoms with van der Waals surface area (Å²) >= 11 is 0. The van der Waals surface area contributed by atoms with Crippen molar-refractivity contribution in [2.24, 2.45) is 0 Å². The van der Waals surface area contributed by atoms with Crippen molar-refractivity contribution in [3.05, 3.63) is 65.0 Å². The second-order valence-electron chi connectivity index (χ2n) is 4.52. The van der Waals surface area contributed by atoms with Crippen LogP contribution in [0.5, 0.6) is 0 Å².